The molecular weight excluding hydrogens is 955 g/mol. The summed E-state index contributed by atoms with van der Waals surface area (Å²) in [4.78, 5) is 35.4. The van der Waals surface area contributed by atoms with Gasteiger partial charge in [0.05, 0.1) is 35.7 Å². The van der Waals surface area contributed by atoms with E-state index in [9.17, 15) is 18.4 Å². The molecule has 0 unspecified atom stereocenters. The number of ether oxygens (including phenoxy) is 4. The lowest BCUT2D eigenvalue weighted by Gasteiger charge is -2.10. The fourth-order valence-corrected chi connectivity index (χ4v) is 9.03. The molecule has 10 heteroatoms. The molecular formula is C66H80F2N2O6. The smallest absolute Gasteiger partial charge is 0.343 e. The van der Waals surface area contributed by atoms with Crippen LogP contribution in [0, 0.1) is 11.6 Å². The zero-order valence-electron chi connectivity index (χ0n) is 45.2. The van der Waals surface area contributed by atoms with Crippen molar-refractivity contribution in [2.45, 2.75) is 168 Å². The van der Waals surface area contributed by atoms with E-state index in [1.807, 2.05) is 6.07 Å². The first-order valence-electron chi connectivity index (χ1n) is 28.4. The molecule has 0 aliphatic rings. The third kappa shape index (κ3) is 21.2. The van der Waals surface area contributed by atoms with Gasteiger partial charge in [-0.15, -0.1) is 0 Å². The van der Waals surface area contributed by atoms with E-state index in [4.69, 9.17) is 18.9 Å². The number of hydrogen-bond acceptors (Lipinski definition) is 8. The van der Waals surface area contributed by atoms with Crippen molar-refractivity contribution >= 4 is 46.5 Å². The van der Waals surface area contributed by atoms with Gasteiger partial charge in [-0.1, -0.05) is 198 Å². The quantitative estimate of drug-likeness (QED) is 0.0168. The number of unbranched alkanes of at least 4 members (excludes halogenated alkanes) is 22. The molecule has 0 aliphatic heterocycles. The first-order valence-corrected chi connectivity index (χ1v) is 28.4. The number of rotatable bonds is 36. The molecule has 0 aromatic heterocycles. The first-order chi connectivity index (χ1) is 37.3. The minimum atomic E-state index is -0.571. The average Bonchev–Trinajstić information content (AvgIpc) is 3.43. The van der Waals surface area contributed by atoms with E-state index in [-0.39, 0.29) is 17.2 Å². The number of nitrogens with zero attached hydrogens (tertiary/aromatic N) is 2. The zero-order chi connectivity index (χ0) is 53.4. The van der Waals surface area contributed by atoms with Gasteiger partial charge in [-0.2, -0.15) is 0 Å². The molecule has 0 bridgehead atoms. The summed E-state index contributed by atoms with van der Waals surface area (Å²) >= 11 is 0. The summed E-state index contributed by atoms with van der Waals surface area (Å²) in [7, 11) is 0. The van der Waals surface area contributed by atoms with E-state index in [1.165, 1.54) is 141 Å². The Kier molecular flexibility index (Phi) is 26.3. The molecule has 0 spiro atoms. The molecule has 6 rings (SSSR count). The van der Waals surface area contributed by atoms with Crippen molar-refractivity contribution in [2.75, 3.05) is 13.2 Å². The summed E-state index contributed by atoms with van der Waals surface area (Å²) < 4.78 is 52.8. The van der Waals surface area contributed by atoms with Gasteiger partial charge in [0.15, 0.2) is 23.1 Å². The Balaban J connectivity index is 0.901. The predicted molar refractivity (Wildman–Crippen MR) is 307 cm³/mol. The van der Waals surface area contributed by atoms with Crippen molar-refractivity contribution in [3.63, 3.8) is 0 Å². The monoisotopic (exact) mass is 1030 g/mol. The zero-order valence-corrected chi connectivity index (χ0v) is 45.2. The number of benzene rings is 6. The maximum absolute atomic E-state index is 14.9. The van der Waals surface area contributed by atoms with Crippen LogP contribution in [0.15, 0.2) is 131 Å². The number of hydrogen-bond donors (Lipinski definition) is 0. The molecule has 6 aromatic rings. The maximum Gasteiger partial charge on any atom is 0.343 e. The van der Waals surface area contributed by atoms with Gasteiger partial charge in [-0.05, 0) is 96.1 Å². The SMILES string of the molecule is CCCCCCCCCCCCCCOc1ccc(N=Cc2ccc(C(=O)Oc3ccc4cccc(OC(=O)c5ccc(C=Nc6ccc(OCCCCCCCCCCCCCC)c(F)c6)cc5)c4c3)cc2)cc1F. The largest absolute Gasteiger partial charge is 0.491 e. The summed E-state index contributed by atoms with van der Waals surface area (Å²) in [5, 5.41) is 1.37. The summed E-state index contributed by atoms with van der Waals surface area (Å²) in [5.74, 6) is -1.03. The Hall–Kier alpha value is -6.68. The molecule has 8 nitrogen and oxygen atoms in total. The van der Waals surface area contributed by atoms with E-state index < -0.39 is 23.6 Å². The van der Waals surface area contributed by atoms with Gasteiger partial charge in [0.25, 0.3) is 0 Å². The van der Waals surface area contributed by atoms with E-state index in [0.29, 0.717) is 58.0 Å². The molecule has 0 atom stereocenters. The standard InChI is InChI=1S/C66H80F2N2O6/c1-3-5-7-9-11-13-15-17-19-21-23-25-44-73-63-42-39-56(46-60(63)67)69-49-51-30-34-54(35-31-51)65(71)75-58-41-38-53-28-27-29-62(59(53)48-58)76-66(72)55-36-32-52(33-37-55)50-70-57-40-43-64(61(68)47-57)74-45-26-24-22-20-18-16-14-12-10-8-6-4-2/h27-43,46-50H,3-26,44-45H2,1-2H3. The molecule has 0 N–H and O–H groups in total. The number of halogens is 2. The molecule has 6 aromatic carbocycles. The Labute approximate surface area is 451 Å². The molecule has 0 amide bonds. The van der Waals surface area contributed by atoms with Crippen LogP contribution in [0.3, 0.4) is 0 Å². The summed E-state index contributed by atoms with van der Waals surface area (Å²) in [6.07, 6.45) is 33.4. The molecule has 76 heavy (non-hydrogen) atoms. The van der Waals surface area contributed by atoms with Crippen LogP contribution in [0.2, 0.25) is 0 Å². The lowest BCUT2D eigenvalue weighted by molar-refractivity contribution is 0.0724. The average molecular weight is 1040 g/mol. The van der Waals surface area contributed by atoms with Gasteiger partial charge in [0, 0.05) is 29.9 Å². The second kappa shape index (κ2) is 34.1. The van der Waals surface area contributed by atoms with Gasteiger partial charge in [-0.25, -0.2) is 18.4 Å². The maximum atomic E-state index is 14.9. The van der Waals surface area contributed by atoms with Crippen molar-refractivity contribution in [1.29, 1.82) is 0 Å². The van der Waals surface area contributed by atoms with Crippen molar-refractivity contribution in [3.8, 4) is 23.0 Å². The molecule has 0 heterocycles. The van der Waals surface area contributed by atoms with E-state index >= 15 is 0 Å². The van der Waals surface area contributed by atoms with E-state index in [0.717, 1.165) is 31.1 Å². The normalized spacial score (nSPS) is 11.5. The molecule has 0 aliphatic carbocycles. The number of fused-ring (bicyclic) bond motifs is 1. The third-order valence-corrected chi connectivity index (χ3v) is 13.6. The highest BCUT2D eigenvalue weighted by molar-refractivity contribution is 5.97. The molecule has 0 saturated heterocycles. The van der Waals surface area contributed by atoms with E-state index in [1.54, 1.807) is 116 Å². The second-order valence-corrected chi connectivity index (χ2v) is 19.9. The van der Waals surface area contributed by atoms with Crippen molar-refractivity contribution in [2.24, 2.45) is 9.98 Å². The van der Waals surface area contributed by atoms with Crippen LogP contribution in [0.5, 0.6) is 23.0 Å². The van der Waals surface area contributed by atoms with Gasteiger partial charge in [0.2, 0.25) is 0 Å². The van der Waals surface area contributed by atoms with Crippen LogP contribution in [-0.4, -0.2) is 37.6 Å². The van der Waals surface area contributed by atoms with Crippen LogP contribution < -0.4 is 18.9 Å². The Morgan fingerprint density at radius 2 is 0.829 bits per heavy atom. The number of esters is 2. The number of carbonyl (C=O) groups is 2. The highest BCUT2D eigenvalue weighted by Crippen LogP contribution is 2.31. The van der Waals surface area contributed by atoms with Gasteiger partial charge >= 0.3 is 11.9 Å². The summed E-state index contributed by atoms with van der Waals surface area (Å²) in [6.45, 7) is 5.47. The highest BCUT2D eigenvalue weighted by Gasteiger charge is 2.15. The fraction of sp³-hybridized carbons (Fsp3) is 0.424. The van der Waals surface area contributed by atoms with Gasteiger partial charge in [-0.3, -0.25) is 9.98 Å². The Morgan fingerprint density at radius 1 is 0.421 bits per heavy atom. The van der Waals surface area contributed by atoms with Crippen LogP contribution in [0.25, 0.3) is 10.8 Å². The van der Waals surface area contributed by atoms with Crippen molar-refractivity contribution in [3.05, 3.63) is 155 Å². The minimum absolute atomic E-state index is 0.224. The Morgan fingerprint density at radius 3 is 1.25 bits per heavy atom. The van der Waals surface area contributed by atoms with Crippen LogP contribution in [0.4, 0.5) is 20.2 Å². The minimum Gasteiger partial charge on any atom is -0.491 e. The third-order valence-electron chi connectivity index (χ3n) is 13.6. The lowest BCUT2D eigenvalue weighted by atomic mass is 10.1. The van der Waals surface area contributed by atoms with Crippen LogP contribution in [-0.2, 0) is 0 Å². The second-order valence-electron chi connectivity index (χ2n) is 19.9. The van der Waals surface area contributed by atoms with Gasteiger partial charge < -0.3 is 18.9 Å². The molecule has 0 fully saturated rings. The summed E-state index contributed by atoms with van der Waals surface area (Å²) in [5.41, 5.74) is 2.96. The topological polar surface area (TPSA) is 95.8 Å². The van der Waals surface area contributed by atoms with Crippen LogP contribution >= 0.6 is 0 Å². The highest BCUT2D eigenvalue weighted by atomic mass is 19.1. The lowest BCUT2D eigenvalue weighted by Crippen LogP contribution is -2.09. The molecule has 404 valence electrons. The van der Waals surface area contributed by atoms with Crippen LogP contribution in [0.1, 0.15) is 200 Å². The number of carbonyl (C=O) groups excluding carboxylic acids is 2. The van der Waals surface area contributed by atoms with Crippen molar-refractivity contribution in [1.82, 2.24) is 0 Å². The fourth-order valence-electron chi connectivity index (χ4n) is 9.03. The predicted octanol–water partition coefficient (Wildman–Crippen LogP) is 19.2. The van der Waals surface area contributed by atoms with E-state index in [2.05, 4.69) is 23.8 Å². The molecule has 0 radical (unpaired) electrons. The molecule has 0 saturated carbocycles. The summed E-state index contributed by atoms with van der Waals surface area (Å²) in [6, 6.07) is 33.3. The number of aliphatic imine (C=N–C) groups is 2. The van der Waals surface area contributed by atoms with Crippen molar-refractivity contribution < 1.29 is 37.3 Å². The van der Waals surface area contributed by atoms with Gasteiger partial charge in [0.1, 0.15) is 11.5 Å². The Bertz CT molecular complexity index is 2720. The first kappa shape index (κ1) is 58.6.